The molecule has 1 saturated carbocycles. The van der Waals surface area contributed by atoms with Gasteiger partial charge in [0.25, 0.3) is 0 Å². The fourth-order valence-corrected chi connectivity index (χ4v) is 4.51. The first-order chi connectivity index (χ1) is 10.9. The Labute approximate surface area is 139 Å². The number of unbranched alkanes of at least 4 members (excludes halogenated alkanes) is 2. The number of aryl methyl sites for hydroxylation is 1. The quantitative estimate of drug-likeness (QED) is 0.801. The van der Waals surface area contributed by atoms with Crippen LogP contribution in [0.25, 0.3) is 0 Å². The lowest BCUT2D eigenvalue weighted by Crippen LogP contribution is -2.47. The molecule has 23 heavy (non-hydrogen) atoms. The van der Waals surface area contributed by atoms with E-state index >= 15 is 0 Å². The molecule has 2 aliphatic rings. The van der Waals surface area contributed by atoms with Crippen LogP contribution < -0.4 is 4.74 Å². The standard InChI is InChI=1S/C20H30O3/c1-4-5-6-7-13-10-17(22)19-15-12-14(21)8-9-16(15)20(2,3)23-18(19)11-13/h10-11,14-16,21-22H,4-9,12H2,1-3H3/t14-,15?,16-/m1/s1. The van der Waals surface area contributed by atoms with Crippen LogP contribution in [0.2, 0.25) is 0 Å². The van der Waals surface area contributed by atoms with Crippen molar-refractivity contribution in [1.29, 1.82) is 0 Å². The van der Waals surface area contributed by atoms with Gasteiger partial charge in [-0.3, -0.25) is 0 Å². The minimum atomic E-state index is -0.262. The number of ether oxygens (including phenoxy) is 1. The van der Waals surface area contributed by atoms with Gasteiger partial charge in [0.05, 0.1) is 6.10 Å². The summed E-state index contributed by atoms with van der Waals surface area (Å²) in [5.41, 5.74) is 1.83. The molecule has 1 aromatic carbocycles. The molecule has 0 radical (unpaired) electrons. The van der Waals surface area contributed by atoms with E-state index in [0.29, 0.717) is 11.7 Å². The van der Waals surface area contributed by atoms with E-state index in [0.717, 1.165) is 49.0 Å². The topological polar surface area (TPSA) is 49.7 Å². The number of phenols is 1. The minimum Gasteiger partial charge on any atom is -0.508 e. The molecular formula is C20H30O3. The Kier molecular flexibility index (Phi) is 4.59. The fourth-order valence-electron chi connectivity index (χ4n) is 4.51. The van der Waals surface area contributed by atoms with Crippen molar-refractivity contribution >= 4 is 0 Å². The number of aliphatic hydroxyl groups is 1. The van der Waals surface area contributed by atoms with E-state index in [-0.39, 0.29) is 17.6 Å². The van der Waals surface area contributed by atoms with Crippen LogP contribution in [-0.4, -0.2) is 21.9 Å². The average molecular weight is 318 g/mol. The summed E-state index contributed by atoms with van der Waals surface area (Å²) in [6, 6.07) is 4.03. The molecule has 1 aliphatic heterocycles. The predicted molar refractivity (Wildman–Crippen MR) is 92.1 cm³/mol. The number of aliphatic hydroxyl groups excluding tert-OH is 1. The zero-order valence-corrected chi connectivity index (χ0v) is 14.6. The molecule has 3 rings (SSSR count). The summed E-state index contributed by atoms with van der Waals surface area (Å²) >= 11 is 0. The number of hydrogen-bond acceptors (Lipinski definition) is 3. The first-order valence-corrected chi connectivity index (χ1v) is 9.15. The average Bonchev–Trinajstić information content (AvgIpc) is 2.46. The van der Waals surface area contributed by atoms with Crippen molar-refractivity contribution in [2.75, 3.05) is 0 Å². The van der Waals surface area contributed by atoms with E-state index < -0.39 is 0 Å². The Hall–Kier alpha value is -1.22. The molecule has 128 valence electrons. The molecule has 1 unspecified atom stereocenters. The van der Waals surface area contributed by atoms with Crippen LogP contribution in [0.3, 0.4) is 0 Å². The van der Waals surface area contributed by atoms with Crippen molar-refractivity contribution in [3.8, 4) is 11.5 Å². The van der Waals surface area contributed by atoms with Gasteiger partial charge < -0.3 is 14.9 Å². The van der Waals surface area contributed by atoms with E-state index in [1.165, 1.54) is 12.8 Å². The molecule has 1 heterocycles. The number of phenolic OH excluding ortho intramolecular Hbond substituents is 1. The third-order valence-electron chi connectivity index (χ3n) is 5.71. The second-order valence-electron chi connectivity index (χ2n) is 7.87. The fraction of sp³-hybridized carbons (Fsp3) is 0.700. The molecule has 1 fully saturated rings. The van der Waals surface area contributed by atoms with E-state index in [4.69, 9.17) is 4.74 Å². The second kappa shape index (κ2) is 6.35. The molecule has 2 N–H and O–H groups in total. The van der Waals surface area contributed by atoms with Crippen LogP contribution in [-0.2, 0) is 6.42 Å². The van der Waals surface area contributed by atoms with Gasteiger partial charge in [-0.15, -0.1) is 0 Å². The first kappa shape index (κ1) is 16.6. The van der Waals surface area contributed by atoms with Crippen molar-refractivity contribution < 1.29 is 14.9 Å². The van der Waals surface area contributed by atoms with Gasteiger partial charge in [0.15, 0.2) is 0 Å². The van der Waals surface area contributed by atoms with Crippen molar-refractivity contribution in [2.45, 2.75) is 83.3 Å². The number of aromatic hydroxyl groups is 1. The van der Waals surface area contributed by atoms with Gasteiger partial charge in [-0.25, -0.2) is 0 Å². The number of fused-ring (bicyclic) bond motifs is 3. The van der Waals surface area contributed by atoms with Crippen LogP contribution in [0.15, 0.2) is 12.1 Å². The van der Waals surface area contributed by atoms with Gasteiger partial charge in [-0.05, 0) is 63.6 Å². The lowest BCUT2D eigenvalue weighted by Gasteiger charge is -2.48. The van der Waals surface area contributed by atoms with Crippen molar-refractivity contribution in [3.05, 3.63) is 23.3 Å². The van der Waals surface area contributed by atoms with Gasteiger partial charge in [0.1, 0.15) is 17.1 Å². The lowest BCUT2D eigenvalue weighted by molar-refractivity contribution is -0.0317. The van der Waals surface area contributed by atoms with Gasteiger partial charge in [-0.1, -0.05) is 19.8 Å². The molecule has 3 atom stereocenters. The molecule has 3 nitrogen and oxygen atoms in total. The van der Waals surface area contributed by atoms with Crippen molar-refractivity contribution in [2.24, 2.45) is 5.92 Å². The maximum absolute atomic E-state index is 10.6. The SMILES string of the molecule is CCCCCc1cc(O)c2c(c1)OC(C)(C)[C@@H]1CC[C@@H](O)CC21. The first-order valence-electron chi connectivity index (χ1n) is 9.15. The van der Waals surface area contributed by atoms with Crippen molar-refractivity contribution in [1.82, 2.24) is 0 Å². The van der Waals surface area contributed by atoms with Gasteiger partial charge in [0, 0.05) is 17.4 Å². The molecule has 0 aromatic heterocycles. The Morgan fingerprint density at radius 1 is 1.22 bits per heavy atom. The highest BCUT2D eigenvalue weighted by Crippen LogP contribution is 2.54. The molecule has 0 amide bonds. The highest BCUT2D eigenvalue weighted by Gasteiger charge is 2.47. The summed E-state index contributed by atoms with van der Waals surface area (Å²) in [6.07, 6.45) is 6.78. The molecular weight excluding hydrogens is 288 g/mol. The zero-order chi connectivity index (χ0) is 16.6. The summed E-state index contributed by atoms with van der Waals surface area (Å²) < 4.78 is 6.31. The van der Waals surface area contributed by atoms with Crippen LogP contribution >= 0.6 is 0 Å². The number of benzene rings is 1. The van der Waals surface area contributed by atoms with Gasteiger partial charge in [-0.2, -0.15) is 0 Å². The van der Waals surface area contributed by atoms with Gasteiger partial charge >= 0.3 is 0 Å². The third-order valence-corrected chi connectivity index (χ3v) is 5.71. The number of rotatable bonds is 4. The summed E-state index contributed by atoms with van der Waals surface area (Å²) in [4.78, 5) is 0. The second-order valence-corrected chi connectivity index (χ2v) is 7.87. The third kappa shape index (κ3) is 3.21. The largest absolute Gasteiger partial charge is 0.508 e. The molecule has 0 saturated heterocycles. The Bertz CT molecular complexity index is 564. The van der Waals surface area contributed by atoms with Crippen molar-refractivity contribution in [3.63, 3.8) is 0 Å². The van der Waals surface area contributed by atoms with Crippen LogP contribution in [0.4, 0.5) is 0 Å². The van der Waals surface area contributed by atoms with Crippen LogP contribution in [0, 0.1) is 5.92 Å². The minimum absolute atomic E-state index is 0.196. The Morgan fingerprint density at radius 2 is 2.00 bits per heavy atom. The normalized spacial score (nSPS) is 28.6. The Balaban J connectivity index is 1.94. The number of hydrogen-bond donors (Lipinski definition) is 2. The maximum atomic E-state index is 10.6. The highest BCUT2D eigenvalue weighted by molar-refractivity contribution is 5.52. The molecule has 0 bridgehead atoms. The highest BCUT2D eigenvalue weighted by atomic mass is 16.5. The zero-order valence-electron chi connectivity index (χ0n) is 14.6. The smallest absolute Gasteiger partial charge is 0.127 e. The van der Waals surface area contributed by atoms with Crippen LogP contribution in [0.5, 0.6) is 11.5 Å². The molecule has 1 aliphatic carbocycles. The molecule has 1 aromatic rings. The molecule has 3 heteroatoms. The maximum Gasteiger partial charge on any atom is 0.127 e. The Morgan fingerprint density at radius 3 is 2.74 bits per heavy atom. The summed E-state index contributed by atoms with van der Waals surface area (Å²) in [7, 11) is 0. The summed E-state index contributed by atoms with van der Waals surface area (Å²) in [5.74, 6) is 1.74. The van der Waals surface area contributed by atoms with E-state index in [1.807, 2.05) is 6.07 Å². The van der Waals surface area contributed by atoms with E-state index in [2.05, 4.69) is 26.8 Å². The monoisotopic (exact) mass is 318 g/mol. The van der Waals surface area contributed by atoms with Crippen LogP contribution in [0.1, 0.15) is 76.3 Å². The molecule has 0 spiro atoms. The summed E-state index contributed by atoms with van der Waals surface area (Å²) in [5, 5.41) is 20.7. The summed E-state index contributed by atoms with van der Waals surface area (Å²) in [6.45, 7) is 6.49. The lowest BCUT2D eigenvalue weighted by atomic mass is 9.66. The van der Waals surface area contributed by atoms with Gasteiger partial charge in [0.2, 0.25) is 0 Å². The van der Waals surface area contributed by atoms with E-state index in [1.54, 1.807) is 0 Å². The van der Waals surface area contributed by atoms with E-state index in [9.17, 15) is 10.2 Å². The predicted octanol–water partition coefficient (Wildman–Crippen LogP) is 4.54.